The van der Waals surface area contributed by atoms with E-state index in [0.29, 0.717) is 0 Å². The normalized spacial score (nSPS) is 20.3. The Morgan fingerprint density at radius 2 is 2.54 bits per heavy atom. The van der Waals surface area contributed by atoms with Crippen molar-refractivity contribution in [1.29, 1.82) is 0 Å². The number of hydrogen-bond donors (Lipinski definition) is 1. The van der Waals surface area contributed by atoms with Crippen molar-refractivity contribution in [2.75, 3.05) is 0 Å². The molecule has 0 amide bonds. The van der Waals surface area contributed by atoms with E-state index in [9.17, 15) is 5.11 Å². The number of aliphatic hydroxyl groups is 1. The maximum Gasteiger partial charge on any atom is 0.250 e. The molecular formula is C8H10N4O. The van der Waals surface area contributed by atoms with E-state index in [0.717, 1.165) is 0 Å². The predicted molar refractivity (Wildman–Crippen MR) is 46.0 cm³/mol. The molecule has 2 rings (SSSR count). The summed E-state index contributed by atoms with van der Waals surface area (Å²) in [4.78, 5) is 7.82. The molecule has 0 saturated heterocycles. The van der Waals surface area contributed by atoms with Crippen molar-refractivity contribution >= 4 is 5.78 Å². The molecule has 0 saturated carbocycles. The topological polar surface area (TPSA) is 63.3 Å². The fourth-order valence-corrected chi connectivity index (χ4v) is 0.947. The van der Waals surface area contributed by atoms with Crippen molar-refractivity contribution in [2.45, 2.75) is 19.4 Å². The summed E-state index contributed by atoms with van der Waals surface area (Å²) < 4.78 is 23.1. The van der Waals surface area contributed by atoms with Crippen LogP contribution in [0.1, 0.15) is 23.6 Å². The van der Waals surface area contributed by atoms with Crippen LogP contribution in [0.5, 0.6) is 0 Å². The van der Waals surface area contributed by atoms with Gasteiger partial charge in [0.2, 0.25) is 0 Å². The summed E-state index contributed by atoms with van der Waals surface area (Å²) in [6.45, 7) is -1.38. The van der Waals surface area contributed by atoms with E-state index in [1.54, 1.807) is 6.20 Å². The molecular weight excluding hydrogens is 168 g/mol. The van der Waals surface area contributed by atoms with Gasteiger partial charge >= 0.3 is 0 Å². The quantitative estimate of drug-likeness (QED) is 0.689. The summed E-state index contributed by atoms with van der Waals surface area (Å²) in [5.74, 6) is 0.252. The average Bonchev–Trinajstić information content (AvgIpc) is 2.61. The Hall–Kier alpha value is -1.49. The van der Waals surface area contributed by atoms with Gasteiger partial charge in [-0.25, -0.2) is 14.5 Å². The molecule has 68 valence electrons. The van der Waals surface area contributed by atoms with E-state index < -0.39 is 12.5 Å². The Kier molecular flexibility index (Phi) is 1.02. The van der Waals surface area contributed by atoms with Crippen LogP contribution in [-0.4, -0.2) is 24.7 Å². The van der Waals surface area contributed by atoms with Gasteiger partial charge in [-0.2, -0.15) is 5.10 Å². The van der Waals surface area contributed by atoms with Crippen LogP contribution in [-0.2, 0) is 5.60 Å². The average molecular weight is 181 g/mol. The second kappa shape index (κ2) is 2.50. The number of aromatic nitrogens is 4. The van der Waals surface area contributed by atoms with Gasteiger partial charge in [-0.15, -0.1) is 0 Å². The van der Waals surface area contributed by atoms with Crippen LogP contribution >= 0.6 is 0 Å². The van der Waals surface area contributed by atoms with E-state index >= 15 is 0 Å². The lowest BCUT2D eigenvalue weighted by atomic mass is 10.1. The van der Waals surface area contributed by atoms with Crippen molar-refractivity contribution in [3.63, 3.8) is 0 Å². The third kappa shape index (κ3) is 1.38. The van der Waals surface area contributed by atoms with Gasteiger partial charge < -0.3 is 5.11 Å². The molecule has 2 aromatic heterocycles. The van der Waals surface area contributed by atoms with Gasteiger partial charge in [0.15, 0.2) is 0 Å². The highest BCUT2D eigenvalue weighted by atomic mass is 16.3. The molecule has 0 fully saturated rings. The van der Waals surface area contributed by atoms with Gasteiger partial charge in [-0.05, 0) is 13.8 Å². The molecule has 0 aliphatic heterocycles. The number of rotatable bonds is 1. The van der Waals surface area contributed by atoms with E-state index in [1.165, 1.54) is 23.8 Å². The molecule has 2 aromatic rings. The van der Waals surface area contributed by atoms with Gasteiger partial charge in [-0.3, -0.25) is 0 Å². The second-order valence-electron chi connectivity index (χ2n) is 2.89. The van der Waals surface area contributed by atoms with Crippen molar-refractivity contribution in [3.05, 3.63) is 24.3 Å². The third-order valence-corrected chi connectivity index (χ3v) is 1.63. The van der Waals surface area contributed by atoms with Crippen LogP contribution in [0.15, 0.2) is 18.6 Å². The molecule has 0 bridgehead atoms. The van der Waals surface area contributed by atoms with E-state index in [4.69, 9.17) is 4.11 Å². The Bertz CT molecular complexity index is 519. The highest BCUT2D eigenvalue weighted by Crippen LogP contribution is 2.15. The number of imidazole rings is 1. The Balaban J connectivity index is 2.54. The fraction of sp³-hybridized carbons (Fsp3) is 0.375. The third-order valence-electron chi connectivity index (χ3n) is 1.63. The van der Waals surface area contributed by atoms with Gasteiger partial charge in [0.1, 0.15) is 5.60 Å². The molecule has 0 spiro atoms. The van der Waals surface area contributed by atoms with Gasteiger partial charge in [0.25, 0.3) is 5.78 Å². The Labute approximate surface area is 79.3 Å². The van der Waals surface area contributed by atoms with Crippen LogP contribution in [0.25, 0.3) is 5.78 Å². The zero-order chi connectivity index (χ0) is 12.0. The minimum absolute atomic E-state index is 0.0220. The molecule has 0 radical (unpaired) electrons. The summed E-state index contributed by atoms with van der Waals surface area (Å²) in [6.07, 6.45) is 4.29. The number of hydrogen-bond acceptors (Lipinski definition) is 4. The highest BCUT2D eigenvalue weighted by molar-refractivity contribution is 5.26. The van der Waals surface area contributed by atoms with Crippen molar-refractivity contribution < 1.29 is 9.22 Å². The molecule has 0 aliphatic rings. The summed E-state index contributed by atoms with van der Waals surface area (Å²) in [6, 6.07) is 0. The van der Waals surface area contributed by atoms with E-state index in [1.807, 2.05) is 0 Å². The molecule has 0 aromatic carbocycles. The Morgan fingerprint density at radius 1 is 1.69 bits per heavy atom. The summed E-state index contributed by atoms with van der Waals surface area (Å²) in [7, 11) is 0. The molecule has 1 atom stereocenters. The predicted octanol–water partition coefficient (Wildman–Crippen LogP) is 0.352. The zero-order valence-electron chi connectivity index (χ0n) is 9.97. The van der Waals surface area contributed by atoms with Crippen LogP contribution in [0, 0.1) is 0 Å². The minimum atomic E-state index is -2.56. The first kappa shape index (κ1) is 5.29. The smallest absolute Gasteiger partial charge is 0.250 e. The lowest BCUT2D eigenvalue weighted by molar-refractivity contribution is 0.0734. The summed E-state index contributed by atoms with van der Waals surface area (Å²) >= 11 is 0. The largest absolute Gasteiger partial charge is 0.384 e. The van der Waals surface area contributed by atoms with Crippen LogP contribution in [0.4, 0.5) is 0 Å². The van der Waals surface area contributed by atoms with Crippen LogP contribution in [0.3, 0.4) is 0 Å². The molecule has 5 heteroatoms. The maximum atomic E-state index is 9.92. The molecule has 2 heterocycles. The lowest BCUT2D eigenvalue weighted by Gasteiger charge is -2.14. The molecule has 13 heavy (non-hydrogen) atoms. The Morgan fingerprint density at radius 3 is 3.31 bits per heavy atom. The molecule has 0 aliphatic carbocycles. The van der Waals surface area contributed by atoms with Gasteiger partial charge in [-0.1, -0.05) is 0 Å². The number of fused-ring (bicyclic) bond motifs is 1. The monoisotopic (exact) mass is 181 g/mol. The van der Waals surface area contributed by atoms with Gasteiger partial charge in [0, 0.05) is 10.3 Å². The van der Waals surface area contributed by atoms with Crippen molar-refractivity contribution in [3.8, 4) is 0 Å². The van der Waals surface area contributed by atoms with Gasteiger partial charge in [0.05, 0.1) is 18.1 Å². The minimum Gasteiger partial charge on any atom is -0.384 e. The lowest BCUT2D eigenvalue weighted by Crippen LogP contribution is -2.18. The first-order valence-electron chi connectivity index (χ1n) is 5.21. The SMILES string of the molecule is [2H]C([2H])([2H])C(C)(O)c1cnn2ccnc2n1. The van der Waals surface area contributed by atoms with Crippen LogP contribution in [0.2, 0.25) is 0 Å². The van der Waals surface area contributed by atoms with E-state index in [-0.39, 0.29) is 11.5 Å². The fourth-order valence-electron chi connectivity index (χ4n) is 0.947. The van der Waals surface area contributed by atoms with E-state index in [2.05, 4.69) is 15.1 Å². The molecule has 5 nitrogen and oxygen atoms in total. The first-order valence-corrected chi connectivity index (χ1v) is 3.71. The summed E-state index contributed by atoms with van der Waals surface area (Å²) in [5.41, 5.74) is -2.06. The number of nitrogens with zero attached hydrogens (tertiary/aromatic N) is 4. The maximum absolute atomic E-state index is 9.92. The summed E-state index contributed by atoms with van der Waals surface area (Å²) in [5, 5.41) is 13.8. The van der Waals surface area contributed by atoms with Crippen molar-refractivity contribution in [1.82, 2.24) is 19.6 Å². The zero-order valence-corrected chi connectivity index (χ0v) is 6.97. The molecule has 1 N–H and O–H groups in total. The first-order chi connectivity index (χ1) is 7.32. The standard InChI is InChI=1S/C8H10N4O/c1-8(2,13)6-5-10-12-4-3-9-7(12)11-6/h3-5,13H,1-2H3/i1D3. The van der Waals surface area contributed by atoms with Crippen LogP contribution < -0.4 is 0 Å². The van der Waals surface area contributed by atoms with Crippen molar-refractivity contribution in [2.24, 2.45) is 0 Å². The highest BCUT2D eigenvalue weighted by Gasteiger charge is 2.18. The molecule has 1 unspecified atom stereocenters. The second-order valence-corrected chi connectivity index (χ2v) is 2.89.